The number of methoxy groups -OCH3 is 3. The molecular weight excluding hydrogens is 400 g/mol. The Morgan fingerprint density at radius 3 is 2.23 bits per heavy atom. The van der Waals surface area contributed by atoms with E-state index >= 15 is 0 Å². The van der Waals surface area contributed by atoms with Crippen LogP contribution in [0.15, 0.2) is 36.4 Å². The van der Waals surface area contributed by atoms with E-state index in [1.807, 2.05) is 19.9 Å². The number of nitrogens with one attached hydrogen (secondary N) is 2. The zero-order chi connectivity index (χ0) is 23.0. The van der Waals surface area contributed by atoms with Crippen molar-refractivity contribution in [3.8, 4) is 11.5 Å². The lowest BCUT2D eigenvalue weighted by Crippen LogP contribution is -2.39. The summed E-state index contributed by atoms with van der Waals surface area (Å²) in [5.74, 6) is -0.295. The van der Waals surface area contributed by atoms with Gasteiger partial charge >= 0.3 is 5.97 Å². The van der Waals surface area contributed by atoms with Gasteiger partial charge in [0.05, 0.1) is 40.3 Å². The maximum absolute atomic E-state index is 12.5. The molecule has 2 amide bonds. The molecule has 0 spiro atoms. The summed E-state index contributed by atoms with van der Waals surface area (Å²) in [6.45, 7) is 3.64. The van der Waals surface area contributed by atoms with Gasteiger partial charge in [0, 0.05) is 5.56 Å². The van der Waals surface area contributed by atoms with Gasteiger partial charge in [-0.2, -0.15) is 0 Å². The van der Waals surface area contributed by atoms with Gasteiger partial charge in [-0.3, -0.25) is 14.4 Å². The zero-order valence-electron chi connectivity index (χ0n) is 18.4. The SMILES string of the molecule is COC(=O)CC(NC(=O)CNC(=O)c1ccc(C)c(C)c1)c1ccc(OC)c(OC)c1. The summed E-state index contributed by atoms with van der Waals surface area (Å²) in [7, 11) is 4.29. The summed E-state index contributed by atoms with van der Waals surface area (Å²) >= 11 is 0. The second-order valence-corrected chi connectivity index (χ2v) is 7.00. The van der Waals surface area contributed by atoms with Gasteiger partial charge in [-0.1, -0.05) is 12.1 Å². The van der Waals surface area contributed by atoms with Crippen LogP contribution in [0, 0.1) is 13.8 Å². The molecule has 0 saturated carbocycles. The number of carbonyl (C=O) groups is 3. The minimum Gasteiger partial charge on any atom is -0.493 e. The van der Waals surface area contributed by atoms with E-state index in [1.165, 1.54) is 21.3 Å². The van der Waals surface area contributed by atoms with Crippen molar-refractivity contribution in [3.63, 3.8) is 0 Å². The Bertz CT molecular complexity index is 957. The molecule has 8 heteroatoms. The standard InChI is InChI=1S/C23H28N2O6/c1-14-6-7-17(10-15(14)2)23(28)24-13-21(26)25-18(12-22(27)31-5)16-8-9-19(29-3)20(11-16)30-4/h6-11,18H,12-13H2,1-5H3,(H,24,28)(H,25,26). The predicted molar refractivity (Wildman–Crippen MR) is 115 cm³/mol. The highest BCUT2D eigenvalue weighted by atomic mass is 16.5. The van der Waals surface area contributed by atoms with Crippen LogP contribution >= 0.6 is 0 Å². The van der Waals surface area contributed by atoms with Gasteiger partial charge < -0.3 is 24.8 Å². The van der Waals surface area contributed by atoms with Gasteiger partial charge in [0.25, 0.3) is 5.91 Å². The predicted octanol–water partition coefficient (Wildman–Crippen LogP) is 2.47. The third-order valence-corrected chi connectivity index (χ3v) is 4.92. The summed E-state index contributed by atoms with van der Waals surface area (Å²) in [5.41, 5.74) is 3.18. The number of hydrogen-bond acceptors (Lipinski definition) is 6. The molecule has 2 N–H and O–H groups in total. The first kappa shape index (κ1) is 23.7. The summed E-state index contributed by atoms with van der Waals surface area (Å²) in [5, 5.41) is 5.36. The molecule has 0 fully saturated rings. The van der Waals surface area contributed by atoms with Gasteiger partial charge in [-0.15, -0.1) is 0 Å². The average molecular weight is 428 g/mol. The molecule has 1 unspecified atom stereocenters. The van der Waals surface area contributed by atoms with E-state index in [9.17, 15) is 14.4 Å². The number of ether oxygens (including phenoxy) is 3. The fourth-order valence-electron chi connectivity index (χ4n) is 2.96. The number of aryl methyl sites for hydroxylation is 2. The van der Waals surface area contributed by atoms with Crippen molar-refractivity contribution >= 4 is 17.8 Å². The average Bonchev–Trinajstić information content (AvgIpc) is 2.78. The van der Waals surface area contributed by atoms with Crippen molar-refractivity contribution < 1.29 is 28.6 Å². The van der Waals surface area contributed by atoms with Gasteiger partial charge in [0.15, 0.2) is 11.5 Å². The molecule has 31 heavy (non-hydrogen) atoms. The van der Waals surface area contributed by atoms with Gasteiger partial charge in [0.1, 0.15) is 0 Å². The molecule has 2 aromatic rings. The molecule has 166 valence electrons. The lowest BCUT2D eigenvalue weighted by atomic mass is 10.0. The number of amides is 2. The number of hydrogen-bond donors (Lipinski definition) is 2. The summed E-state index contributed by atoms with van der Waals surface area (Å²) in [4.78, 5) is 36.7. The summed E-state index contributed by atoms with van der Waals surface area (Å²) in [6.07, 6.45) is -0.0805. The van der Waals surface area contributed by atoms with E-state index in [-0.39, 0.29) is 18.9 Å². The Morgan fingerprint density at radius 1 is 0.903 bits per heavy atom. The molecule has 0 aromatic heterocycles. The lowest BCUT2D eigenvalue weighted by Gasteiger charge is -2.20. The first-order valence-electron chi connectivity index (χ1n) is 9.72. The van der Waals surface area contributed by atoms with Crippen molar-refractivity contribution in [3.05, 3.63) is 58.7 Å². The molecule has 2 aromatic carbocycles. The molecule has 0 radical (unpaired) electrons. The molecule has 0 bridgehead atoms. The maximum Gasteiger partial charge on any atom is 0.307 e. The Balaban J connectivity index is 2.09. The first-order chi connectivity index (χ1) is 14.8. The number of carbonyl (C=O) groups excluding carboxylic acids is 3. The van der Waals surface area contributed by atoms with Crippen LogP contribution < -0.4 is 20.1 Å². The summed E-state index contributed by atoms with van der Waals surface area (Å²) < 4.78 is 15.3. The van der Waals surface area contributed by atoms with E-state index < -0.39 is 17.9 Å². The smallest absolute Gasteiger partial charge is 0.307 e. The third-order valence-electron chi connectivity index (χ3n) is 4.92. The maximum atomic E-state index is 12.5. The number of esters is 1. The van der Waals surface area contributed by atoms with Gasteiger partial charge in [-0.05, 0) is 54.8 Å². The fourth-order valence-corrected chi connectivity index (χ4v) is 2.96. The van der Waals surface area contributed by atoms with Gasteiger partial charge in [0.2, 0.25) is 5.91 Å². The van der Waals surface area contributed by atoms with Crippen LogP contribution in [0.2, 0.25) is 0 Å². The molecule has 0 aliphatic carbocycles. The number of benzene rings is 2. The minimum absolute atomic E-state index is 0.0805. The highest BCUT2D eigenvalue weighted by Gasteiger charge is 2.21. The van der Waals surface area contributed by atoms with Crippen LogP contribution in [0.1, 0.15) is 39.5 Å². The Morgan fingerprint density at radius 2 is 1.61 bits per heavy atom. The Hall–Kier alpha value is -3.55. The van der Waals surface area contributed by atoms with Gasteiger partial charge in [-0.25, -0.2) is 0 Å². The van der Waals surface area contributed by atoms with E-state index in [2.05, 4.69) is 10.6 Å². The van der Waals surface area contributed by atoms with Crippen LogP contribution in [-0.2, 0) is 14.3 Å². The van der Waals surface area contributed by atoms with Crippen LogP contribution in [-0.4, -0.2) is 45.7 Å². The van der Waals surface area contributed by atoms with Crippen molar-refractivity contribution in [2.75, 3.05) is 27.9 Å². The van der Waals surface area contributed by atoms with E-state index in [0.29, 0.717) is 22.6 Å². The lowest BCUT2D eigenvalue weighted by molar-refractivity contribution is -0.141. The third kappa shape index (κ3) is 6.47. The van der Waals surface area contributed by atoms with E-state index in [0.717, 1.165) is 11.1 Å². The number of rotatable bonds is 9. The molecule has 0 aliphatic rings. The first-order valence-corrected chi connectivity index (χ1v) is 9.72. The van der Waals surface area contributed by atoms with Crippen molar-refractivity contribution in [1.29, 1.82) is 0 Å². The molecule has 2 rings (SSSR count). The molecule has 1 atom stereocenters. The van der Waals surface area contributed by atoms with Crippen molar-refractivity contribution in [2.45, 2.75) is 26.3 Å². The topological polar surface area (TPSA) is 103 Å². The van der Waals surface area contributed by atoms with Crippen LogP contribution in [0.4, 0.5) is 0 Å². The monoisotopic (exact) mass is 428 g/mol. The minimum atomic E-state index is -0.668. The fraction of sp³-hybridized carbons (Fsp3) is 0.348. The quantitative estimate of drug-likeness (QED) is 0.595. The van der Waals surface area contributed by atoms with E-state index in [4.69, 9.17) is 14.2 Å². The molecular formula is C23H28N2O6. The second-order valence-electron chi connectivity index (χ2n) is 7.00. The largest absolute Gasteiger partial charge is 0.493 e. The highest BCUT2D eigenvalue weighted by Crippen LogP contribution is 2.31. The molecule has 0 saturated heterocycles. The van der Waals surface area contributed by atoms with Crippen LogP contribution in [0.25, 0.3) is 0 Å². The zero-order valence-corrected chi connectivity index (χ0v) is 18.4. The summed E-state index contributed by atoms with van der Waals surface area (Å²) in [6, 6.07) is 9.76. The Labute approximate surface area is 181 Å². The highest BCUT2D eigenvalue weighted by molar-refractivity contribution is 5.96. The van der Waals surface area contributed by atoms with Crippen molar-refractivity contribution in [2.24, 2.45) is 0 Å². The molecule has 0 heterocycles. The molecule has 8 nitrogen and oxygen atoms in total. The van der Waals surface area contributed by atoms with Crippen LogP contribution in [0.5, 0.6) is 11.5 Å². The van der Waals surface area contributed by atoms with Crippen LogP contribution in [0.3, 0.4) is 0 Å². The van der Waals surface area contributed by atoms with Crippen molar-refractivity contribution in [1.82, 2.24) is 10.6 Å². The molecule has 0 aliphatic heterocycles. The Kier molecular flexibility index (Phi) is 8.43. The van der Waals surface area contributed by atoms with E-state index in [1.54, 1.807) is 30.3 Å². The normalized spacial score (nSPS) is 11.3. The second kappa shape index (κ2) is 11.0.